The number of hydrogen-bond donors (Lipinski definition) is 2. The molecular weight excluding hydrogens is 557 g/mol. The van der Waals surface area contributed by atoms with Crippen LogP contribution in [0.15, 0.2) is 41.3 Å². The zero-order valence-corrected chi connectivity index (χ0v) is 24.0. The Morgan fingerprint density at radius 2 is 1.85 bits per heavy atom. The topological polar surface area (TPSA) is 97.8 Å². The Morgan fingerprint density at radius 3 is 2.51 bits per heavy atom. The number of carboxylic acid groups (broad SMARTS) is 1. The van der Waals surface area contributed by atoms with Crippen molar-refractivity contribution in [3.05, 3.63) is 75.4 Å². The molecule has 0 aliphatic heterocycles. The highest BCUT2D eigenvalue weighted by molar-refractivity contribution is 7.14. The molecule has 1 amide bonds. The van der Waals surface area contributed by atoms with Gasteiger partial charge in [0.2, 0.25) is 0 Å². The number of unbranched alkanes of at least 4 members (excludes halogenated alkanes) is 3. The van der Waals surface area contributed by atoms with Crippen LogP contribution in [0.1, 0.15) is 73.5 Å². The Morgan fingerprint density at radius 1 is 1.12 bits per heavy atom. The third-order valence-electron chi connectivity index (χ3n) is 6.37. The van der Waals surface area contributed by atoms with E-state index in [-0.39, 0.29) is 27.5 Å². The van der Waals surface area contributed by atoms with Gasteiger partial charge in [-0.25, -0.2) is 22.9 Å². The lowest BCUT2D eigenvalue weighted by Gasteiger charge is -2.18. The van der Waals surface area contributed by atoms with Crippen molar-refractivity contribution in [1.29, 1.82) is 0 Å². The highest BCUT2D eigenvalue weighted by atomic mass is 32.1. The van der Waals surface area contributed by atoms with Gasteiger partial charge in [-0.2, -0.15) is 0 Å². The van der Waals surface area contributed by atoms with E-state index < -0.39 is 41.0 Å². The second kappa shape index (κ2) is 15.5. The zero-order chi connectivity index (χ0) is 29.9. The van der Waals surface area contributed by atoms with Crippen molar-refractivity contribution >= 4 is 34.4 Å². The number of hydrogen-bond acceptors (Lipinski definition) is 6. The summed E-state index contributed by atoms with van der Waals surface area (Å²) >= 11 is 1.02. The first-order valence-corrected chi connectivity index (χ1v) is 14.1. The Bertz CT molecular complexity index is 1370. The normalized spacial score (nSPS) is 12.4. The summed E-state index contributed by atoms with van der Waals surface area (Å²) in [4.78, 5) is 27.9. The number of rotatable bonds is 15. The number of thiazole rings is 1. The number of aromatic nitrogens is 1. The number of nitrogens with one attached hydrogen (secondary N) is 1. The number of amides is 1. The summed E-state index contributed by atoms with van der Waals surface area (Å²) in [6, 6.07) is 6.50. The van der Waals surface area contributed by atoms with Crippen molar-refractivity contribution in [2.75, 3.05) is 25.6 Å². The number of anilines is 1. The number of aliphatic carboxylic acids is 1. The van der Waals surface area contributed by atoms with E-state index in [2.05, 4.69) is 17.2 Å². The van der Waals surface area contributed by atoms with Crippen molar-refractivity contribution in [2.45, 2.75) is 52.1 Å². The summed E-state index contributed by atoms with van der Waals surface area (Å²) in [6.07, 6.45) is 5.21. The molecule has 2 N–H and O–H groups in total. The second-order valence-electron chi connectivity index (χ2n) is 9.37. The molecule has 0 bridgehead atoms. The fraction of sp³-hybridized carbons (Fsp3) is 0.367. The van der Waals surface area contributed by atoms with Gasteiger partial charge in [-0.15, -0.1) is 11.3 Å². The van der Waals surface area contributed by atoms with Gasteiger partial charge in [-0.3, -0.25) is 10.1 Å². The fourth-order valence-electron chi connectivity index (χ4n) is 4.08. The van der Waals surface area contributed by atoms with Crippen LogP contribution in [0.25, 0.3) is 17.3 Å². The molecule has 7 nitrogen and oxygen atoms in total. The molecule has 1 heterocycles. The quantitative estimate of drug-likeness (QED) is 0.139. The molecule has 0 aliphatic carbocycles. The van der Waals surface area contributed by atoms with E-state index in [9.17, 15) is 18.4 Å². The number of carboxylic acids is 1. The number of carbonyl (C=O) groups is 2. The van der Waals surface area contributed by atoms with E-state index in [0.717, 1.165) is 48.8 Å². The predicted molar refractivity (Wildman–Crippen MR) is 152 cm³/mol. The SMILES string of the molecule is CCCCCCOCCC(OC)c1cccc(-c2csc(NC(=O)c3cc(F)c(C=C(C)C(=O)O)c(F)c3)n2)c1F. The van der Waals surface area contributed by atoms with Crippen molar-refractivity contribution in [1.82, 2.24) is 4.98 Å². The summed E-state index contributed by atoms with van der Waals surface area (Å²) in [5.74, 6) is -4.85. The third-order valence-corrected chi connectivity index (χ3v) is 7.12. The fourth-order valence-corrected chi connectivity index (χ4v) is 4.78. The van der Waals surface area contributed by atoms with Crippen LogP contribution in [-0.4, -0.2) is 42.3 Å². The largest absolute Gasteiger partial charge is 0.478 e. The molecule has 1 atom stereocenters. The first-order valence-electron chi connectivity index (χ1n) is 13.2. The summed E-state index contributed by atoms with van der Waals surface area (Å²) in [5.41, 5.74) is -0.324. The number of carbonyl (C=O) groups excluding carboxylic acids is 1. The highest BCUT2D eigenvalue weighted by Crippen LogP contribution is 2.33. The second-order valence-corrected chi connectivity index (χ2v) is 10.2. The lowest BCUT2D eigenvalue weighted by molar-refractivity contribution is -0.132. The van der Waals surface area contributed by atoms with E-state index >= 15 is 4.39 Å². The van der Waals surface area contributed by atoms with Crippen LogP contribution in [0.4, 0.5) is 18.3 Å². The maximum atomic E-state index is 15.5. The van der Waals surface area contributed by atoms with Crippen LogP contribution < -0.4 is 5.32 Å². The number of benzene rings is 2. The maximum Gasteiger partial charge on any atom is 0.331 e. The van der Waals surface area contributed by atoms with Gasteiger partial charge >= 0.3 is 5.97 Å². The minimum absolute atomic E-state index is 0.0982. The highest BCUT2D eigenvalue weighted by Gasteiger charge is 2.21. The van der Waals surface area contributed by atoms with Gasteiger partial charge in [-0.1, -0.05) is 38.3 Å². The third kappa shape index (κ3) is 8.72. The van der Waals surface area contributed by atoms with Gasteiger partial charge < -0.3 is 14.6 Å². The van der Waals surface area contributed by atoms with Crippen LogP contribution >= 0.6 is 11.3 Å². The lowest BCUT2D eigenvalue weighted by atomic mass is 10.0. The Hall–Kier alpha value is -3.54. The smallest absolute Gasteiger partial charge is 0.331 e. The van der Waals surface area contributed by atoms with Crippen LogP contribution in [-0.2, 0) is 14.3 Å². The molecule has 0 saturated carbocycles. The average Bonchev–Trinajstić information content (AvgIpc) is 3.40. The van der Waals surface area contributed by atoms with Gasteiger partial charge in [0.1, 0.15) is 17.5 Å². The molecule has 0 saturated heterocycles. The van der Waals surface area contributed by atoms with Crippen molar-refractivity contribution < 1.29 is 37.3 Å². The number of ether oxygens (including phenoxy) is 2. The van der Waals surface area contributed by atoms with E-state index in [1.807, 2.05) is 0 Å². The van der Waals surface area contributed by atoms with E-state index in [1.54, 1.807) is 23.6 Å². The number of nitrogens with zero attached hydrogens (tertiary/aromatic N) is 1. The van der Waals surface area contributed by atoms with E-state index in [0.29, 0.717) is 25.2 Å². The molecule has 3 aromatic rings. The molecule has 0 radical (unpaired) electrons. The molecule has 0 spiro atoms. The van der Waals surface area contributed by atoms with E-state index in [4.69, 9.17) is 14.6 Å². The van der Waals surface area contributed by atoms with E-state index in [1.165, 1.54) is 20.5 Å². The van der Waals surface area contributed by atoms with Gasteiger partial charge in [0, 0.05) is 60.0 Å². The zero-order valence-electron chi connectivity index (χ0n) is 23.1. The number of halogens is 3. The molecule has 11 heteroatoms. The molecule has 41 heavy (non-hydrogen) atoms. The summed E-state index contributed by atoms with van der Waals surface area (Å²) in [5, 5.41) is 13.1. The summed E-state index contributed by atoms with van der Waals surface area (Å²) in [6.45, 7) is 4.42. The molecule has 1 unspecified atom stereocenters. The minimum atomic E-state index is -1.33. The predicted octanol–water partition coefficient (Wildman–Crippen LogP) is 7.64. The van der Waals surface area contributed by atoms with Gasteiger partial charge in [0.05, 0.1) is 11.8 Å². The minimum Gasteiger partial charge on any atom is -0.478 e. The molecule has 220 valence electrons. The monoisotopic (exact) mass is 590 g/mol. The molecule has 2 aromatic carbocycles. The number of methoxy groups -OCH3 is 1. The molecule has 0 fully saturated rings. The van der Waals surface area contributed by atoms with Crippen LogP contribution in [0.2, 0.25) is 0 Å². The average molecular weight is 591 g/mol. The van der Waals surface area contributed by atoms with Gasteiger partial charge in [-0.05, 0) is 37.6 Å². The van der Waals surface area contributed by atoms with Gasteiger partial charge in [0.15, 0.2) is 5.13 Å². The first kappa shape index (κ1) is 32.0. The molecular formula is C30H33F3N2O5S. The summed E-state index contributed by atoms with van der Waals surface area (Å²) in [7, 11) is 1.51. The van der Waals surface area contributed by atoms with Crippen molar-refractivity contribution in [3.8, 4) is 11.3 Å². The van der Waals surface area contributed by atoms with Crippen molar-refractivity contribution in [2.24, 2.45) is 0 Å². The van der Waals surface area contributed by atoms with Gasteiger partial charge in [0.25, 0.3) is 5.91 Å². The summed E-state index contributed by atoms with van der Waals surface area (Å²) < 4.78 is 55.7. The first-order chi connectivity index (χ1) is 19.7. The Labute approximate surface area is 241 Å². The van der Waals surface area contributed by atoms with Crippen molar-refractivity contribution in [3.63, 3.8) is 0 Å². The van der Waals surface area contributed by atoms with Crippen LogP contribution in [0.5, 0.6) is 0 Å². The standard InChI is InChI=1S/C30H33F3N2O5S/c1-4-5-6-7-12-40-13-11-26(39-3)21-10-8-9-20(27(21)33)25-17-41-30(34-25)35-28(36)19-15-23(31)22(24(32)16-19)14-18(2)29(37)38/h8-10,14-17,26H,4-7,11-13H2,1-3H3,(H,37,38)(H,34,35,36). The molecule has 3 rings (SSSR count). The Kier molecular flexibility index (Phi) is 12.1. The maximum absolute atomic E-state index is 15.5. The van der Waals surface area contributed by atoms with Crippen LogP contribution in [0, 0.1) is 17.5 Å². The Balaban J connectivity index is 1.70. The molecule has 0 aliphatic rings. The van der Waals surface area contributed by atoms with Crippen LogP contribution in [0.3, 0.4) is 0 Å². The lowest BCUT2D eigenvalue weighted by Crippen LogP contribution is -2.13. The molecule has 1 aromatic heterocycles.